The number of hydrogen-bond donors (Lipinski definition) is 0. The van der Waals surface area contributed by atoms with Crippen molar-refractivity contribution in [2.75, 3.05) is 13.4 Å². The van der Waals surface area contributed by atoms with E-state index in [1.165, 1.54) is 0 Å². The third-order valence-electron chi connectivity index (χ3n) is 3.25. The molecular weight excluding hydrogens is 280 g/mol. The van der Waals surface area contributed by atoms with Crippen LogP contribution >= 0.6 is 0 Å². The summed E-state index contributed by atoms with van der Waals surface area (Å²) in [4.78, 5) is 12.2. The molecule has 22 heavy (non-hydrogen) atoms. The third kappa shape index (κ3) is 3.11. The molecule has 0 aliphatic carbocycles. The van der Waals surface area contributed by atoms with Crippen LogP contribution in [0.1, 0.15) is 22.8 Å². The van der Waals surface area contributed by atoms with E-state index in [1.807, 2.05) is 37.3 Å². The number of ether oxygens (including phenoxy) is 3. The second-order valence-corrected chi connectivity index (χ2v) is 4.77. The van der Waals surface area contributed by atoms with Crippen molar-refractivity contribution in [3.63, 3.8) is 0 Å². The molecule has 0 unspecified atom stereocenters. The summed E-state index contributed by atoms with van der Waals surface area (Å²) in [5.41, 5.74) is 1.49. The Balaban J connectivity index is 1.74. The predicted octanol–water partition coefficient (Wildman–Crippen LogP) is 3.71. The van der Waals surface area contributed by atoms with E-state index in [0.29, 0.717) is 23.7 Å². The monoisotopic (exact) mass is 296 g/mol. The summed E-state index contributed by atoms with van der Waals surface area (Å²) in [6.45, 7) is 2.73. The number of allylic oxidation sites excluding steroid dienone is 1. The first-order valence-electron chi connectivity index (χ1n) is 7.11. The minimum Gasteiger partial charge on any atom is -0.494 e. The quantitative estimate of drug-likeness (QED) is 0.623. The molecule has 2 aromatic rings. The zero-order valence-electron chi connectivity index (χ0n) is 12.2. The van der Waals surface area contributed by atoms with Gasteiger partial charge in [0.2, 0.25) is 6.79 Å². The second-order valence-electron chi connectivity index (χ2n) is 4.77. The van der Waals surface area contributed by atoms with Gasteiger partial charge in [-0.15, -0.1) is 0 Å². The molecule has 0 fully saturated rings. The summed E-state index contributed by atoms with van der Waals surface area (Å²) >= 11 is 0. The van der Waals surface area contributed by atoms with Crippen molar-refractivity contribution >= 4 is 11.9 Å². The Morgan fingerprint density at radius 1 is 1.18 bits per heavy atom. The highest BCUT2D eigenvalue weighted by molar-refractivity contribution is 6.07. The van der Waals surface area contributed by atoms with Crippen LogP contribution in [0.15, 0.2) is 48.5 Å². The minimum absolute atomic E-state index is 0.0702. The van der Waals surface area contributed by atoms with Crippen LogP contribution in [0.3, 0.4) is 0 Å². The lowest BCUT2D eigenvalue weighted by Crippen LogP contribution is -1.97. The molecule has 0 N–H and O–H groups in total. The molecule has 1 aliphatic heterocycles. The van der Waals surface area contributed by atoms with Crippen molar-refractivity contribution in [1.82, 2.24) is 0 Å². The maximum Gasteiger partial charge on any atom is 0.231 e. The van der Waals surface area contributed by atoms with Crippen LogP contribution in [-0.2, 0) is 0 Å². The fourth-order valence-electron chi connectivity index (χ4n) is 2.19. The third-order valence-corrected chi connectivity index (χ3v) is 3.25. The fraction of sp³-hybridized carbons (Fsp3) is 0.167. The lowest BCUT2D eigenvalue weighted by atomic mass is 10.1. The van der Waals surface area contributed by atoms with Crippen molar-refractivity contribution in [2.24, 2.45) is 0 Å². The topological polar surface area (TPSA) is 44.8 Å². The van der Waals surface area contributed by atoms with E-state index in [1.54, 1.807) is 24.3 Å². The number of carbonyl (C=O) groups is 1. The smallest absolute Gasteiger partial charge is 0.231 e. The summed E-state index contributed by atoms with van der Waals surface area (Å²) in [6, 6.07) is 12.7. The first-order chi connectivity index (χ1) is 10.8. The highest BCUT2D eigenvalue weighted by Gasteiger charge is 2.12. The molecule has 0 aromatic heterocycles. The average Bonchev–Trinajstić information content (AvgIpc) is 3.01. The lowest BCUT2D eigenvalue weighted by molar-refractivity contribution is 0.104. The van der Waals surface area contributed by atoms with E-state index in [2.05, 4.69) is 0 Å². The zero-order valence-corrected chi connectivity index (χ0v) is 12.2. The molecule has 0 saturated heterocycles. The summed E-state index contributed by atoms with van der Waals surface area (Å²) in [6.07, 6.45) is 3.31. The Morgan fingerprint density at radius 2 is 2.05 bits per heavy atom. The highest BCUT2D eigenvalue weighted by Crippen LogP contribution is 2.32. The number of ketones is 1. The van der Waals surface area contributed by atoms with Gasteiger partial charge in [-0.3, -0.25) is 4.79 Å². The molecule has 3 rings (SSSR count). The summed E-state index contributed by atoms with van der Waals surface area (Å²) in [5, 5.41) is 0. The average molecular weight is 296 g/mol. The van der Waals surface area contributed by atoms with Gasteiger partial charge in [0.25, 0.3) is 0 Å². The fourth-order valence-corrected chi connectivity index (χ4v) is 2.19. The van der Waals surface area contributed by atoms with Crippen LogP contribution in [0.4, 0.5) is 0 Å². The molecule has 0 atom stereocenters. The molecule has 1 aliphatic rings. The van der Waals surface area contributed by atoms with E-state index in [0.717, 1.165) is 11.3 Å². The largest absolute Gasteiger partial charge is 0.494 e. The van der Waals surface area contributed by atoms with Crippen molar-refractivity contribution in [1.29, 1.82) is 0 Å². The standard InChI is InChI=1S/C18H16O4/c1-2-20-15-5-3-4-14(11-15)16(19)8-6-13-7-9-17-18(10-13)22-12-21-17/h3-11H,2,12H2,1H3/b8-6+. The van der Waals surface area contributed by atoms with Gasteiger partial charge in [-0.25, -0.2) is 0 Å². The molecule has 2 aromatic carbocycles. The van der Waals surface area contributed by atoms with Gasteiger partial charge in [0.15, 0.2) is 17.3 Å². The van der Waals surface area contributed by atoms with E-state index in [4.69, 9.17) is 14.2 Å². The summed E-state index contributed by atoms with van der Waals surface area (Å²) in [7, 11) is 0. The number of benzene rings is 2. The van der Waals surface area contributed by atoms with Crippen LogP contribution in [0.25, 0.3) is 6.08 Å². The van der Waals surface area contributed by atoms with Crippen molar-refractivity contribution < 1.29 is 19.0 Å². The Hall–Kier alpha value is -2.75. The predicted molar refractivity (Wildman–Crippen MR) is 83.5 cm³/mol. The van der Waals surface area contributed by atoms with Crippen LogP contribution in [0, 0.1) is 0 Å². The van der Waals surface area contributed by atoms with Gasteiger partial charge >= 0.3 is 0 Å². The molecule has 0 bridgehead atoms. The molecule has 112 valence electrons. The Morgan fingerprint density at radius 3 is 2.91 bits per heavy atom. The molecule has 4 nitrogen and oxygen atoms in total. The molecule has 4 heteroatoms. The number of fused-ring (bicyclic) bond motifs is 1. The van der Waals surface area contributed by atoms with Gasteiger partial charge in [-0.05, 0) is 42.8 Å². The van der Waals surface area contributed by atoms with Crippen LogP contribution in [0.5, 0.6) is 17.2 Å². The number of rotatable bonds is 5. The van der Waals surface area contributed by atoms with Crippen LogP contribution in [0.2, 0.25) is 0 Å². The molecule has 0 spiro atoms. The maximum atomic E-state index is 12.2. The Labute approximate surface area is 128 Å². The maximum absolute atomic E-state index is 12.2. The van der Waals surface area contributed by atoms with Crippen LogP contribution < -0.4 is 14.2 Å². The van der Waals surface area contributed by atoms with Crippen molar-refractivity contribution in [2.45, 2.75) is 6.92 Å². The summed E-state index contributed by atoms with van der Waals surface area (Å²) in [5.74, 6) is 2.06. The normalized spacial score (nSPS) is 12.6. The highest BCUT2D eigenvalue weighted by atomic mass is 16.7. The van der Waals surface area contributed by atoms with Crippen molar-refractivity contribution in [3.05, 3.63) is 59.7 Å². The first-order valence-corrected chi connectivity index (χ1v) is 7.11. The van der Waals surface area contributed by atoms with Gasteiger partial charge in [-0.2, -0.15) is 0 Å². The first kappa shape index (κ1) is 14.2. The minimum atomic E-state index is -0.0702. The molecule has 0 saturated carbocycles. The van der Waals surface area contributed by atoms with Gasteiger partial charge < -0.3 is 14.2 Å². The molecule has 0 radical (unpaired) electrons. The van der Waals surface area contributed by atoms with E-state index < -0.39 is 0 Å². The molecule has 1 heterocycles. The van der Waals surface area contributed by atoms with E-state index >= 15 is 0 Å². The Kier molecular flexibility index (Phi) is 4.10. The zero-order chi connectivity index (χ0) is 15.4. The lowest BCUT2D eigenvalue weighted by Gasteiger charge is -2.03. The van der Waals surface area contributed by atoms with Gasteiger partial charge in [-0.1, -0.05) is 24.3 Å². The SMILES string of the molecule is CCOc1cccc(C(=O)/C=C/c2ccc3c(c2)OCO3)c1. The van der Waals surface area contributed by atoms with Crippen molar-refractivity contribution in [3.8, 4) is 17.2 Å². The Bertz CT molecular complexity index is 719. The van der Waals surface area contributed by atoms with Gasteiger partial charge in [0.1, 0.15) is 5.75 Å². The van der Waals surface area contributed by atoms with E-state index in [9.17, 15) is 4.79 Å². The van der Waals surface area contributed by atoms with E-state index in [-0.39, 0.29) is 12.6 Å². The second kappa shape index (κ2) is 6.35. The van der Waals surface area contributed by atoms with Gasteiger partial charge in [0, 0.05) is 5.56 Å². The van der Waals surface area contributed by atoms with Gasteiger partial charge in [0.05, 0.1) is 6.61 Å². The number of carbonyl (C=O) groups excluding carboxylic acids is 1. The molecular formula is C18H16O4. The summed E-state index contributed by atoms with van der Waals surface area (Å²) < 4.78 is 16.0. The number of hydrogen-bond acceptors (Lipinski definition) is 4. The van der Waals surface area contributed by atoms with Crippen LogP contribution in [-0.4, -0.2) is 19.2 Å². The molecule has 0 amide bonds.